The van der Waals surface area contributed by atoms with E-state index in [-0.39, 0.29) is 18.2 Å². The highest BCUT2D eigenvalue weighted by molar-refractivity contribution is 7.22. The van der Waals surface area contributed by atoms with Gasteiger partial charge in [0.15, 0.2) is 10.9 Å². The largest absolute Gasteiger partial charge is 0.395 e. The number of aromatic nitrogens is 2. The van der Waals surface area contributed by atoms with Crippen LogP contribution in [0.1, 0.15) is 12.5 Å². The summed E-state index contributed by atoms with van der Waals surface area (Å²) >= 11 is 1.23. The number of pyridine rings is 1. The van der Waals surface area contributed by atoms with Gasteiger partial charge < -0.3 is 10.4 Å². The minimum absolute atomic E-state index is 0.193. The first-order valence-corrected chi connectivity index (χ1v) is 13.6. The quantitative estimate of drug-likeness (QED) is 0.310. The van der Waals surface area contributed by atoms with E-state index in [9.17, 15) is 4.79 Å². The Bertz CT molecular complexity index is 1390. The number of anilines is 1. The number of β-amino-alcohol motifs (C(OH)–C–C–N with tert-alkyl or cyclic N) is 1. The van der Waals surface area contributed by atoms with E-state index in [1.54, 1.807) is 6.20 Å². The highest BCUT2D eigenvalue weighted by atomic mass is 32.1. The number of nitrogens with zero attached hydrogens (tertiary/aromatic N) is 4. The van der Waals surface area contributed by atoms with Crippen LogP contribution in [0.2, 0.25) is 0 Å². The van der Waals surface area contributed by atoms with Gasteiger partial charge >= 0.3 is 6.03 Å². The summed E-state index contributed by atoms with van der Waals surface area (Å²) in [6.45, 7) is 7.86. The number of hydrogen-bond donors (Lipinski definition) is 3. The van der Waals surface area contributed by atoms with E-state index in [1.807, 2.05) is 55.5 Å². The summed E-state index contributed by atoms with van der Waals surface area (Å²) in [5, 5.41) is 14.9. The summed E-state index contributed by atoms with van der Waals surface area (Å²) in [6.07, 6.45) is 1.71. The van der Waals surface area contributed by atoms with Crippen LogP contribution in [0.15, 0.2) is 54.7 Å². The zero-order valence-electron chi connectivity index (χ0n) is 21.3. The van der Waals surface area contributed by atoms with Crippen LogP contribution in [0, 0.1) is 5.82 Å². The van der Waals surface area contributed by atoms with Crippen molar-refractivity contribution in [1.29, 1.82) is 0 Å². The number of urea groups is 1. The van der Waals surface area contributed by atoms with Crippen molar-refractivity contribution >= 4 is 32.7 Å². The molecule has 3 heterocycles. The van der Waals surface area contributed by atoms with Gasteiger partial charge in [-0.1, -0.05) is 41.7 Å². The summed E-state index contributed by atoms with van der Waals surface area (Å²) in [7, 11) is 0. The Morgan fingerprint density at radius 2 is 1.84 bits per heavy atom. The van der Waals surface area contributed by atoms with Gasteiger partial charge in [-0.05, 0) is 36.2 Å². The van der Waals surface area contributed by atoms with Gasteiger partial charge in [-0.25, -0.2) is 14.2 Å². The van der Waals surface area contributed by atoms with E-state index < -0.39 is 5.82 Å². The second-order valence-corrected chi connectivity index (χ2v) is 10.2. The first kappa shape index (κ1) is 26.2. The van der Waals surface area contributed by atoms with Gasteiger partial charge in [0.2, 0.25) is 0 Å². The first-order valence-electron chi connectivity index (χ1n) is 12.8. The zero-order valence-corrected chi connectivity index (χ0v) is 22.1. The first-order chi connectivity index (χ1) is 18.6. The van der Waals surface area contributed by atoms with Crippen LogP contribution >= 0.6 is 11.3 Å². The van der Waals surface area contributed by atoms with Gasteiger partial charge in [0, 0.05) is 63.1 Å². The van der Waals surface area contributed by atoms with Crippen molar-refractivity contribution < 1.29 is 14.3 Å². The molecule has 0 radical (unpaired) electrons. The van der Waals surface area contributed by atoms with Crippen LogP contribution < -0.4 is 10.6 Å². The van der Waals surface area contributed by atoms with Gasteiger partial charge in [0.1, 0.15) is 5.52 Å². The SMILES string of the molecule is CCNC(=O)Nc1nc2c(F)c(-c3ccc(CN4CCN(CCO)CC4)cc3)cc(-c3ccccn3)c2s1. The predicted octanol–water partition coefficient (Wildman–Crippen LogP) is 4.42. The summed E-state index contributed by atoms with van der Waals surface area (Å²) in [6, 6.07) is 15.0. The average molecular weight is 535 g/mol. The van der Waals surface area contributed by atoms with Crippen LogP contribution in [0.3, 0.4) is 0 Å². The summed E-state index contributed by atoms with van der Waals surface area (Å²) in [4.78, 5) is 25.7. The number of thiazole rings is 1. The lowest BCUT2D eigenvalue weighted by molar-refractivity contribution is 0.108. The number of amides is 2. The van der Waals surface area contributed by atoms with Crippen molar-refractivity contribution in [3.8, 4) is 22.4 Å². The molecular weight excluding hydrogens is 503 g/mol. The number of hydrogen-bond acceptors (Lipinski definition) is 7. The number of nitrogens with one attached hydrogen (secondary N) is 2. The van der Waals surface area contributed by atoms with E-state index in [0.29, 0.717) is 27.6 Å². The van der Waals surface area contributed by atoms with Crippen LogP contribution in [0.25, 0.3) is 32.6 Å². The predicted molar refractivity (Wildman–Crippen MR) is 150 cm³/mol. The van der Waals surface area contributed by atoms with Crippen molar-refractivity contribution in [2.24, 2.45) is 0 Å². The lowest BCUT2D eigenvalue weighted by Crippen LogP contribution is -2.46. The maximum Gasteiger partial charge on any atom is 0.321 e. The van der Waals surface area contributed by atoms with Crippen molar-refractivity contribution in [1.82, 2.24) is 25.1 Å². The highest BCUT2D eigenvalue weighted by Crippen LogP contribution is 2.40. The molecule has 198 valence electrons. The maximum absolute atomic E-state index is 15.9. The minimum Gasteiger partial charge on any atom is -0.395 e. The molecule has 1 aliphatic heterocycles. The van der Waals surface area contributed by atoms with Gasteiger partial charge in [0.25, 0.3) is 0 Å². The fourth-order valence-corrected chi connectivity index (χ4v) is 5.67. The molecule has 1 fully saturated rings. The van der Waals surface area contributed by atoms with E-state index in [0.717, 1.165) is 56.0 Å². The van der Waals surface area contributed by atoms with Crippen molar-refractivity contribution in [3.05, 3.63) is 66.1 Å². The lowest BCUT2D eigenvalue weighted by atomic mass is 9.98. The molecule has 5 rings (SSSR count). The number of aliphatic hydroxyl groups is 1. The Morgan fingerprint density at radius 3 is 2.53 bits per heavy atom. The second kappa shape index (κ2) is 12.0. The number of halogens is 1. The average Bonchev–Trinajstić information content (AvgIpc) is 3.35. The van der Waals surface area contributed by atoms with Crippen LogP contribution in [0.4, 0.5) is 14.3 Å². The van der Waals surface area contributed by atoms with Gasteiger partial charge in [0.05, 0.1) is 17.0 Å². The summed E-state index contributed by atoms with van der Waals surface area (Å²) in [5.41, 5.74) is 4.05. The number of fused-ring (bicyclic) bond motifs is 1. The molecule has 0 aliphatic carbocycles. The topological polar surface area (TPSA) is 93.6 Å². The second-order valence-electron chi connectivity index (χ2n) is 9.22. The van der Waals surface area contributed by atoms with Gasteiger partial charge in [-0.15, -0.1) is 0 Å². The Morgan fingerprint density at radius 1 is 1.08 bits per heavy atom. The third-order valence-electron chi connectivity index (χ3n) is 6.66. The van der Waals surface area contributed by atoms with Crippen molar-refractivity contribution in [2.75, 3.05) is 51.2 Å². The molecule has 4 aromatic rings. The normalized spacial score (nSPS) is 14.6. The van der Waals surface area contributed by atoms with Crippen LogP contribution in [0.5, 0.6) is 0 Å². The van der Waals surface area contributed by atoms with E-state index >= 15 is 4.39 Å². The number of carbonyl (C=O) groups excluding carboxylic acids is 1. The van der Waals surface area contributed by atoms with E-state index in [4.69, 9.17) is 5.11 Å². The molecular formula is C28H31FN6O2S. The summed E-state index contributed by atoms with van der Waals surface area (Å²) in [5.74, 6) is -0.423. The molecule has 0 bridgehead atoms. The van der Waals surface area contributed by atoms with Crippen molar-refractivity contribution in [2.45, 2.75) is 13.5 Å². The van der Waals surface area contributed by atoms with Crippen LogP contribution in [-0.4, -0.2) is 76.8 Å². The van der Waals surface area contributed by atoms with E-state index in [2.05, 4.69) is 30.4 Å². The number of piperazine rings is 1. The molecule has 0 atom stereocenters. The van der Waals surface area contributed by atoms with Crippen LogP contribution in [-0.2, 0) is 6.54 Å². The Kier molecular flexibility index (Phi) is 8.23. The number of aliphatic hydroxyl groups excluding tert-OH is 1. The molecule has 2 aromatic carbocycles. The molecule has 1 saturated heterocycles. The molecule has 3 N–H and O–H groups in total. The molecule has 1 aliphatic rings. The molecule has 38 heavy (non-hydrogen) atoms. The molecule has 0 spiro atoms. The molecule has 0 unspecified atom stereocenters. The van der Waals surface area contributed by atoms with Crippen molar-refractivity contribution in [3.63, 3.8) is 0 Å². The molecule has 8 nitrogen and oxygen atoms in total. The lowest BCUT2D eigenvalue weighted by Gasteiger charge is -2.34. The van der Waals surface area contributed by atoms with E-state index in [1.165, 1.54) is 11.3 Å². The van der Waals surface area contributed by atoms with Gasteiger partial charge in [-0.3, -0.25) is 20.1 Å². The summed E-state index contributed by atoms with van der Waals surface area (Å²) < 4.78 is 16.5. The Balaban J connectivity index is 1.44. The Labute approximate surface area is 225 Å². The molecule has 0 saturated carbocycles. The molecule has 10 heteroatoms. The monoisotopic (exact) mass is 534 g/mol. The number of benzene rings is 2. The number of carbonyl (C=O) groups is 1. The third kappa shape index (κ3) is 5.83. The zero-order chi connectivity index (χ0) is 26.5. The molecule has 2 aromatic heterocycles. The molecule has 2 amide bonds. The fraction of sp³-hybridized carbons (Fsp3) is 0.321. The number of rotatable bonds is 8. The standard InChI is InChI=1S/C28H31FN6O2S/c1-2-30-27(37)33-28-32-25-24(29)21(17-22(26(25)38-28)23-5-3-4-10-31-23)20-8-6-19(7-9-20)18-35-13-11-34(12-14-35)15-16-36/h3-10,17,36H,2,11-16,18H2,1H3,(H2,30,32,33,37). The third-order valence-corrected chi connectivity index (χ3v) is 7.66. The minimum atomic E-state index is -0.423. The smallest absolute Gasteiger partial charge is 0.321 e. The highest BCUT2D eigenvalue weighted by Gasteiger charge is 2.21. The Hall–Kier alpha value is -3.44. The fourth-order valence-electron chi connectivity index (χ4n) is 4.69. The maximum atomic E-state index is 15.9. The van der Waals surface area contributed by atoms with Gasteiger partial charge in [-0.2, -0.15) is 0 Å².